The van der Waals surface area contributed by atoms with E-state index in [1.807, 2.05) is 49.4 Å². The van der Waals surface area contributed by atoms with Crippen LogP contribution < -0.4 is 15.4 Å². The molecule has 0 bridgehead atoms. The predicted octanol–water partition coefficient (Wildman–Crippen LogP) is 4.37. The molecule has 0 radical (unpaired) electrons. The first-order valence-electron chi connectivity index (χ1n) is 9.74. The van der Waals surface area contributed by atoms with Gasteiger partial charge in [-0.05, 0) is 67.4 Å². The molecule has 0 saturated carbocycles. The van der Waals surface area contributed by atoms with Gasteiger partial charge in [0.15, 0.2) is 5.82 Å². The first kappa shape index (κ1) is 17.4. The molecule has 3 heterocycles. The minimum atomic E-state index is 0.612. The van der Waals surface area contributed by atoms with Crippen LogP contribution in [-0.4, -0.2) is 28.1 Å². The Labute approximate surface area is 169 Å². The van der Waals surface area contributed by atoms with Gasteiger partial charge < -0.3 is 15.4 Å². The number of nitrogens with zero attached hydrogens (tertiary/aromatic N) is 4. The summed E-state index contributed by atoms with van der Waals surface area (Å²) in [6.07, 6.45) is 4.47. The Morgan fingerprint density at radius 1 is 1.10 bits per heavy atom. The number of hydrogen-bond donors (Lipinski definition) is 1. The van der Waals surface area contributed by atoms with Gasteiger partial charge in [0, 0.05) is 41.3 Å². The zero-order valence-electron chi connectivity index (χ0n) is 16.2. The maximum Gasteiger partial charge on any atom is 0.163 e. The van der Waals surface area contributed by atoms with Crippen molar-refractivity contribution in [2.45, 2.75) is 13.3 Å². The van der Waals surface area contributed by atoms with E-state index in [-0.39, 0.29) is 0 Å². The van der Waals surface area contributed by atoms with Crippen LogP contribution in [0.1, 0.15) is 12.5 Å². The van der Waals surface area contributed by atoms with Crippen LogP contribution >= 0.6 is 0 Å². The number of aromatic nitrogens is 3. The second kappa shape index (κ2) is 7.05. The molecule has 0 atom stereocenters. The summed E-state index contributed by atoms with van der Waals surface area (Å²) in [5.74, 6) is 2.35. The fourth-order valence-electron chi connectivity index (χ4n) is 3.82. The van der Waals surface area contributed by atoms with E-state index in [0.29, 0.717) is 12.4 Å². The molecule has 2 N–H and O–H groups in total. The van der Waals surface area contributed by atoms with Gasteiger partial charge in [-0.3, -0.25) is 4.98 Å². The maximum absolute atomic E-state index is 5.99. The van der Waals surface area contributed by atoms with Gasteiger partial charge in [-0.1, -0.05) is 0 Å². The summed E-state index contributed by atoms with van der Waals surface area (Å²) in [6.45, 7) is 3.44. The molecule has 0 spiro atoms. The van der Waals surface area contributed by atoms with Crippen LogP contribution in [0.5, 0.6) is 5.75 Å². The number of hydrogen-bond acceptors (Lipinski definition) is 6. The molecule has 144 valence electrons. The summed E-state index contributed by atoms with van der Waals surface area (Å²) in [6, 6.07) is 15.9. The fraction of sp³-hybridized carbons (Fsp3) is 0.174. The van der Waals surface area contributed by atoms with Gasteiger partial charge in [0.05, 0.1) is 12.1 Å². The molecule has 4 aromatic rings. The van der Waals surface area contributed by atoms with Crippen LogP contribution in [0.3, 0.4) is 0 Å². The van der Waals surface area contributed by atoms with E-state index in [1.165, 1.54) is 5.56 Å². The van der Waals surface area contributed by atoms with E-state index < -0.39 is 0 Å². The van der Waals surface area contributed by atoms with E-state index in [9.17, 15) is 0 Å². The van der Waals surface area contributed by atoms with Gasteiger partial charge in [0.1, 0.15) is 11.6 Å². The number of benzene rings is 2. The molecule has 2 aromatic heterocycles. The maximum atomic E-state index is 5.99. The zero-order chi connectivity index (χ0) is 19.8. The largest absolute Gasteiger partial charge is 0.494 e. The lowest BCUT2D eigenvalue weighted by Gasteiger charge is -2.21. The third-order valence-corrected chi connectivity index (χ3v) is 5.13. The van der Waals surface area contributed by atoms with Crippen molar-refractivity contribution in [2.75, 3.05) is 23.8 Å². The van der Waals surface area contributed by atoms with E-state index in [4.69, 9.17) is 20.4 Å². The molecule has 0 saturated heterocycles. The number of pyridine rings is 1. The Morgan fingerprint density at radius 2 is 2.03 bits per heavy atom. The molecule has 6 nitrogen and oxygen atoms in total. The van der Waals surface area contributed by atoms with Crippen LogP contribution in [0.2, 0.25) is 0 Å². The molecule has 1 aliphatic rings. The topological polar surface area (TPSA) is 77.2 Å². The minimum absolute atomic E-state index is 0.612. The van der Waals surface area contributed by atoms with Crippen molar-refractivity contribution in [1.82, 2.24) is 15.0 Å². The molecule has 5 rings (SSSR count). The predicted molar refractivity (Wildman–Crippen MR) is 116 cm³/mol. The highest BCUT2D eigenvalue weighted by Crippen LogP contribution is 2.39. The molecule has 0 unspecified atom stereocenters. The van der Waals surface area contributed by atoms with Gasteiger partial charge >= 0.3 is 0 Å². The molecule has 1 aliphatic heterocycles. The Kier molecular flexibility index (Phi) is 4.24. The Morgan fingerprint density at radius 3 is 2.86 bits per heavy atom. The van der Waals surface area contributed by atoms with E-state index in [1.54, 1.807) is 12.4 Å². The van der Waals surface area contributed by atoms with E-state index >= 15 is 0 Å². The SMILES string of the molecule is CCOc1ccc2nc(-c3cccnc3)nc(N3CCc4cc(N)ccc43)c2c1. The fourth-order valence-corrected chi connectivity index (χ4v) is 3.82. The van der Waals surface area contributed by atoms with Crippen LogP contribution in [0.15, 0.2) is 60.9 Å². The van der Waals surface area contributed by atoms with E-state index in [0.717, 1.165) is 52.4 Å². The summed E-state index contributed by atoms with van der Waals surface area (Å²) in [4.78, 5) is 16.2. The van der Waals surface area contributed by atoms with Gasteiger partial charge in [-0.25, -0.2) is 9.97 Å². The Hall–Kier alpha value is -3.67. The van der Waals surface area contributed by atoms with Crippen molar-refractivity contribution < 1.29 is 4.74 Å². The molecule has 6 heteroatoms. The van der Waals surface area contributed by atoms with Crippen molar-refractivity contribution in [2.24, 2.45) is 0 Å². The monoisotopic (exact) mass is 383 g/mol. The summed E-state index contributed by atoms with van der Waals surface area (Å²) < 4.78 is 5.73. The first-order chi connectivity index (χ1) is 14.2. The Bertz CT molecular complexity index is 1190. The molecule has 29 heavy (non-hydrogen) atoms. The van der Waals surface area contributed by atoms with Crippen molar-refractivity contribution in [3.63, 3.8) is 0 Å². The van der Waals surface area contributed by atoms with Crippen LogP contribution in [0.25, 0.3) is 22.3 Å². The minimum Gasteiger partial charge on any atom is -0.494 e. The Balaban J connectivity index is 1.73. The molecule has 0 aliphatic carbocycles. The third-order valence-electron chi connectivity index (χ3n) is 5.13. The second-order valence-corrected chi connectivity index (χ2v) is 7.01. The van der Waals surface area contributed by atoms with Crippen molar-refractivity contribution >= 4 is 28.1 Å². The molecule has 0 fully saturated rings. The molecular formula is C23H21N5O. The normalized spacial score (nSPS) is 12.9. The van der Waals surface area contributed by atoms with Crippen molar-refractivity contribution in [3.8, 4) is 17.1 Å². The lowest BCUT2D eigenvalue weighted by molar-refractivity contribution is 0.340. The van der Waals surface area contributed by atoms with Crippen molar-refractivity contribution in [3.05, 3.63) is 66.5 Å². The number of nitrogens with two attached hydrogens (primary N) is 1. The van der Waals surface area contributed by atoms with Crippen LogP contribution in [-0.2, 0) is 6.42 Å². The summed E-state index contributed by atoms with van der Waals surface area (Å²) in [5.41, 5.74) is 10.9. The van der Waals surface area contributed by atoms with Gasteiger partial charge in [-0.15, -0.1) is 0 Å². The number of ether oxygens (including phenoxy) is 1. The number of anilines is 3. The zero-order valence-corrected chi connectivity index (χ0v) is 16.2. The van der Waals surface area contributed by atoms with Crippen LogP contribution in [0.4, 0.5) is 17.2 Å². The summed E-state index contributed by atoms with van der Waals surface area (Å²) in [7, 11) is 0. The van der Waals surface area contributed by atoms with Crippen LogP contribution in [0, 0.1) is 0 Å². The van der Waals surface area contributed by atoms with Gasteiger partial charge in [0.2, 0.25) is 0 Å². The average molecular weight is 383 g/mol. The highest BCUT2D eigenvalue weighted by Gasteiger charge is 2.24. The molecule has 2 aromatic carbocycles. The van der Waals surface area contributed by atoms with Crippen molar-refractivity contribution in [1.29, 1.82) is 0 Å². The quantitative estimate of drug-likeness (QED) is 0.528. The number of rotatable bonds is 4. The standard InChI is InChI=1S/C23H21N5O/c1-2-29-18-6-7-20-19(13-18)23(27-22(26-20)16-4-3-10-25-14-16)28-11-9-15-12-17(24)5-8-21(15)28/h3-8,10,12-14H,2,9,11,24H2,1H3. The average Bonchev–Trinajstić information content (AvgIpc) is 3.16. The highest BCUT2D eigenvalue weighted by molar-refractivity contribution is 5.94. The smallest absolute Gasteiger partial charge is 0.163 e. The number of fused-ring (bicyclic) bond motifs is 2. The highest BCUT2D eigenvalue weighted by atomic mass is 16.5. The number of nitrogen functional groups attached to an aromatic ring is 1. The first-order valence-corrected chi connectivity index (χ1v) is 9.74. The summed E-state index contributed by atoms with van der Waals surface area (Å²) >= 11 is 0. The van der Waals surface area contributed by atoms with E-state index in [2.05, 4.69) is 16.0 Å². The lowest BCUT2D eigenvalue weighted by Crippen LogP contribution is -2.16. The lowest BCUT2D eigenvalue weighted by atomic mass is 10.1. The third kappa shape index (κ3) is 3.12. The van der Waals surface area contributed by atoms with Gasteiger partial charge in [0.25, 0.3) is 0 Å². The second-order valence-electron chi connectivity index (χ2n) is 7.01. The van der Waals surface area contributed by atoms with Gasteiger partial charge in [-0.2, -0.15) is 0 Å². The summed E-state index contributed by atoms with van der Waals surface area (Å²) in [5, 5.41) is 0.966. The molecular weight excluding hydrogens is 362 g/mol. The molecule has 0 amide bonds.